The summed E-state index contributed by atoms with van der Waals surface area (Å²) in [7, 11) is 0. The van der Waals surface area contributed by atoms with Gasteiger partial charge >= 0.3 is 0 Å². The van der Waals surface area contributed by atoms with E-state index in [4.69, 9.17) is 18.4 Å². The van der Waals surface area contributed by atoms with Gasteiger partial charge in [-0.25, -0.2) is 52.5 Å². The zero-order chi connectivity index (χ0) is 35.9. The molecule has 2 aliphatic heterocycles. The lowest BCUT2D eigenvalue weighted by atomic mass is 10.1. The standard InChI is InChI=1S/C32H4F4N14/c1-42-17-5-21-22(6-18(17)43-2)47-29(46-21)16(11-41)31-48-30(49-32(50-31)23-26(35)24(33)14(9-39)25(34)27(23)36)15(10-40)28-44-19-3-12(7-37)13(8-38)4-20(19)45-28/h3-6H. The van der Waals surface area contributed by atoms with Crippen molar-refractivity contribution in [3.63, 3.8) is 0 Å². The molecule has 0 fully saturated rings. The molecule has 0 saturated heterocycles. The third-order valence-corrected chi connectivity index (χ3v) is 6.93. The molecule has 0 amide bonds. The van der Waals surface area contributed by atoms with Crippen LogP contribution in [-0.2, 0) is 0 Å². The van der Waals surface area contributed by atoms with E-state index in [-0.39, 0.29) is 43.9 Å². The Morgan fingerprint density at radius 2 is 0.960 bits per heavy atom. The molecular weight excluding hydrogens is 656 g/mol. The third-order valence-electron chi connectivity index (χ3n) is 6.93. The highest BCUT2D eigenvalue weighted by Gasteiger charge is 2.30. The second-order valence-corrected chi connectivity index (χ2v) is 9.66. The van der Waals surface area contributed by atoms with Crippen LogP contribution in [0.15, 0.2) is 55.9 Å². The molecule has 0 spiro atoms. The molecule has 4 aromatic rings. The molecule has 3 heterocycles. The number of rotatable bonds is 3. The van der Waals surface area contributed by atoms with Gasteiger partial charge in [0.25, 0.3) is 0 Å². The molecule has 0 aliphatic carbocycles. The van der Waals surface area contributed by atoms with Crippen molar-refractivity contribution in [2.75, 3.05) is 0 Å². The van der Waals surface area contributed by atoms with Crippen LogP contribution in [0, 0.1) is 93.1 Å². The first-order chi connectivity index (χ1) is 24.1. The highest BCUT2D eigenvalue weighted by Crippen LogP contribution is 2.32. The molecule has 0 bridgehead atoms. The fourth-order valence-electron chi connectivity index (χ4n) is 4.62. The van der Waals surface area contributed by atoms with Gasteiger partial charge in [0, 0.05) is 0 Å². The van der Waals surface area contributed by atoms with E-state index in [9.17, 15) is 29.8 Å². The maximum Gasteiger partial charge on any atom is 0.196 e. The number of allylic oxidation sites excluding steroid dienone is 2. The summed E-state index contributed by atoms with van der Waals surface area (Å²) in [5, 5.41) is 48.3. The van der Waals surface area contributed by atoms with E-state index in [0.29, 0.717) is 0 Å². The van der Waals surface area contributed by atoms with Crippen LogP contribution in [0.4, 0.5) is 28.9 Å². The SMILES string of the molecule is [C-]#[N+]c1cc2c(cc1[N+]#[C-])=NC(=C(C#N)c1nc(C(C#N)=C3N=c4cc(C#N)c(C#N)cc4=N3)nc(-c3c(F)c(F)c(C#N)c(F)c3F)n1)N=2. The van der Waals surface area contributed by atoms with Crippen LogP contribution < -0.4 is 21.4 Å². The number of hydrogen-bond donors (Lipinski definition) is 0. The van der Waals surface area contributed by atoms with Crippen molar-refractivity contribution in [3.05, 3.63) is 132 Å². The molecule has 230 valence electrons. The van der Waals surface area contributed by atoms with Gasteiger partial charge in [-0.1, -0.05) is 0 Å². The van der Waals surface area contributed by atoms with Gasteiger partial charge in [0.2, 0.25) is 0 Å². The Morgan fingerprint density at radius 3 is 1.30 bits per heavy atom. The van der Waals surface area contributed by atoms with E-state index >= 15 is 8.78 Å². The number of aromatic nitrogens is 3. The minimum atomic E-state index is -2.09. The number of fused-ring (bicyclic) bond motifs is 2. The molecule has 0 unspecified atom stereocenters. The number of nitriles is 5. The summed E-state index contributed by atoms with van der Waals surface area (Å²) in [5.74, 6) is -11.8. The van der Waals surface area contributed by atoms with Crippen LogP contribution in [0.2, 0.25) is 0 Å². The van der Waals surface area contributed by atoms with E-state index in [1.165, 1.54) is 24.3 Å². The molecule has 6 rings (SSSR count). The van der Waals surface area contributed by atoms with Crippen LogP contribution in [0.5, 0.6) is 0 Å². The highest BCUT2D eigenvalue weighted by atomic mass is 19.2. The Balaban J connectivity index is 1.68. The Bertz CT molecular complexity index is 2660. The normalized spacial score (nSPS) is 11.6. The molecule has 2 aliphatic rings. The quantitative estimate of drug-likeness (QED) is 0.137. The number of hydrogen-bond acceptors (Lipinski definition) is 12. The lowest BCUT2D eigenvalue weighted by molar-refractivity contribution is 0.453. The van der Waals surface area contributed by atoms with E-state index in [2.05, 4.69) is 44.6 Å². The maximum atomic E-state index is 15.3. The third kappa shape index (κ3) is 4.88. The van der Waals surface area contributed by atoms with Gasteiger partial charge in [0.15, 0.2) is 63.8 Å². The van der Waals surface area contributed by atoms with Crippen LogP contribution >= 0.6 is 0 Å². The second kappa shape index (κ2) is 12.0. The van der Waals surface area contributed by atoms with Gasteiger partial charge in [-0.05, 0) is 24.3 Å². The van der Waals surface area contributed by atoms with Gasteiger partial charge in [0.1, 0.15) is 47.1 Å². The van der Waals surface area contributed by atoms with E-state index in [1.54, 1.807) is 12.1 Å². The lowest BCUT2D eigenvalue weighted by Gasteiger charge is -2.10. The molecule has 1 aromatic heterocycles. The Kier molecular flexibility index (Phi) is 7.57. The first-order valence-electron chi connectivity index (χ1n) is 13.2. The van der Waals surface area contributed by atoms with Crippen LogP contribution in [0.1, 0.15) is 28.3 Å². The second-order valence-electron chi connectivity index (χ2n) is 9.66. The predicted octanol–water partition coefficient (Wildman–Crippen LogP) is 3.10. The summed E-state index contributed by atoms with van der Waals surface area (Å²) < 4.78 is 60.0. The zero-order valence-corrected chi connectivity index (χ0v) is 24.1. The fourth-order valence-corrected chi connectivity index (χ4v) is 4.62. The highest BCUT2D eigenvalue weighted by molar-refractivity contribution is 5.80. The first-order valence-corrected chi connectivity index (χ1v) is 13.2. The van der Waals surface area contributed by atoms with E-state index < -0.39 is 74.7 Å². The molecule has 0 saturated carbocycles. The largest absolute Gasteiger partial charge is 0.250 e. The minimum Gasteiger partial charge on any atom is -0.250 e. The first kappa shape index (κ1) is 31.5. The van der Waals surface area contributed by atoms with Crippen molar-refractivity contribution >= 4 is 22.5 Å². The summed E-state index contributed by atoms with van der Waals surface area (Å²) in [6.07, 6.45) is 0. The van der Waals surface area contributed by atoms with Crippen LogP contribution in [-0.4, -0.2) is 15.0 Å². The molecule has 0 N–H and O–H groups in total. The Hall–Kier alpha value is -8.50. The molecular formula is C32H4F4N14. The molecule has 14 nitrogen and oxygen atoms in total. The average molecular weight is 660 g/mol. The van der Waals surface area contributed by atoms with Crippen molar-refractivity contribution in [1.82, 2.24) is 15.0 Å². The Labute approximate surface area is 274 Å². The monoisotopic (exact) mass is 660 g/mol. The van der Waals surface area contributed by atoms with Crippen LogP contribution in [0.25, 0.3) is 32.2 Å². The van der Waals surface area contributed by atoms with Crippen molar-refractivity contribution in [2.45, 2.75) is 0 Å². The van der Waals surface area contributed by atoms with Gasteiger partial charge in [0.05, 0.1) is 51.3 Å². The summed E-state index contributed by atoms with van der Waals surface area (Å²) in [5.41, 5.74) is -4.60. The van der Waals surface area contributed by atoms with Crippen molar-refractivity contribution in [1.29, 1.82) is 26.3 Å². The van der Waals surface area contributed by atoms with Crippen LogP contribution in [0.3, 0.4) is 0 Å². The maximum absolute atomic E-state index is 15.3. The van der Waals surface area contributed by atoms with Gasteiger partial charge in [-0.3, -0.25) is 9.69 Å². The summed E-state index contributed by atoms with van der Waals surface area (Å²) in [4.78, 5) is 35.0. The smallest absolute Gasteiger partial charge is 0.196 e. The fraction of sp³-hybridized carbons (Fsp3) is 0. The van der Waals surface area contributed by atoms with Crippen molar-refractivity contribution < 1.29 is 17.6 Å². The number of nitrogens with zero attached hydrogens (tertiary/aromatic N) is 14. The van der Waals surface area contributed by atoms with E-state index in [1.807, 2.05) is 12.1 Å². The molecule has 0 atom stereocenters. The summed E-state index contributed by atoms with van der Waals surface area (Å²) in [6.45, 7) is 14.6. The average Bonchev–Trinajstić information content (AvgIpc) is 3.73. The molecule has 50 heavy (non-hydrogen) atoms. The Morgan fingerprint density at radius 1 is 0.560 bits per heavy atom. The van der Waals surface area contributed by atoms with Gasteiger partial charge in [-0.2, -0.15) is 26.3 Å². The minimum absolute atomic E-state index is 0.0462. The summed E-state index contributed by atoms with van der Waals surface area (Å²) in [6, 6.07) is 13.0. The number of halogens is 4. The molecule has 0 radical (unpaired) electrons. The topological polar surface area (TPSA) is 216 Å². The molecule has 18 heteroatoms. The van der Waals surface area contributed by atoms with Gasteiger partial charge in [-0.15, -0.1) is 0 Å². The van der Waals surface area contributed by atoms with Gasteiger partial charge < -0.3 is 0 Å². The van der Waals surface area contributed by atoms with Crippen molar-refractivity contribution in [2.24, 2.45) is 20.0 Å². The zero-order valence-electron chi connectivity index (χ0n) is 24.1. The predicted molar refractivity (Wildman–Crippen MR) is 154 cm³/mol. The molecule has 3 aromatic carbocycles. The summed E-state index contributed by atoms with van der Waals surface area (Å²) >= 11 is 0. The number of benzene rings is 3. The lowest BCUT2D eigenvalue weighted by Crippen LogP contribution is -2.22. The van der Waals surface area contributed by atoms with E-state index in [0.717, 1.165) is 6.07 Å². The van der Waals surface area contributed by atoms with Crippen molar-refractivity contribution in [3.8, 4) is 41.7 Å².